The minimum Gasteiger partial charge on any atom is -0.374 e. The minimum absolute atomic E-state index is 0.0131. The van der Waals surface area contributed by atoms with E-state index in [1.165, 1.54) is 7.11 Å². The third kappa shape index (κ3) is 3.36. The lowest BCUT2D eigenvalue weighted by Gasteiger charge is -2.11. The smallest absolute Gasteiger partial charge is 0.217 e. The van der Waals surface area contributed by atoms with Gasteiger partial charge < -0.3 is 14.2 Å². The van der Waals surface area contributed by atoms with E-state index in [0.29, 0.717) is 19.6 Å². The first-order valence-electron chi connectivity index (χ1n) is 5.62. The second-order valence-corrected chi connectivity index (χ2v) is 4.00. The van der Waals surface area contributed by atoms with Gasteiger partial charge in [0.2, 0.25) is 6.29 Å². The lowest BCUT2D eigenvalue weighted by Crippen LogP contribution is -2.19. The molecule has 2 atom stereocenters. The van der Waals surface area contributed by atoms with Crippen LogP contribution in [0.25, 0.3) is 0 Å². The molecule has 0 spiro atoms. The predicted molar refractivity (Wildman–Crippen MR) is 61.4 cm³/mol. The summed E-state index contributed by atoms with van der Waals surface area (Å²) in [7, 11) is 1.47. The molecule has 1 aromatic rings. The Balaban J connectivity index is 1.72. The van der Waals surface area contributed by atoms with Crippen molar-refractivity contribution >= 4 is 5.78 Å². The van der Waals surface area contributed by atoms with E-state index in [0.717, 1.165) is 5.56 Å². The lowest BCUT2D eigenvalue weighted by atomic mass is 10.2. The maximum atomic E-state index is 11.3. The number of rotatable bonds is 5. The molecule has 92 valence electrons. The van der Waals surface area contributed by atoms with Gasteiger partial charge in [-0.2, -0.15) is 0 Å². The van der Waals surface area contributed by atoms with Gasteiger partial charge in [0.1, 0.15) is 0 Å². The van der Waals surface area contributed by atoms with Gasteiger partial charge >= 0.3 is 0 Å². The van der Waals surface area contributed by atoms with Gasteiger partial charge in [-0.25, -0.2) is 0 Å². The molecule has 4 heteroatoms. The van der Waals surface area contributed by atoms with Crippen molar-refractivity contribution in [1.29, 1.82) is 0 Å². The van der Waals surface area contributed by atoms with E-state index >= 15 is 0 Å². The fraction of sp³-hybridized carbons (Fsp3) is 0.462. The van der Waals surface area contributed by atoms with Gasteiger partial charge in [0.05, 0.1) is 19.3 Å². The summed E-state index contributed by atoms with van der Waals surface area (Å²) in [5, 5.41) is 0. The summed E-state index contributed by atoms with van der Waals surface area (Å²) in [4.78, 5) is 11.3. The fourth-order valence-corrected chi connectivity index (χ4v) is 1.79. The third-order valence-electron chi connectivity index (χ3n) is 2.64. The van der Waals surface area contributed by atoms with Crippen LogP contribution >= 0.6 is 0 Å². The highest BCUT2D eigenvalue weighted by molar-refractivity contribution is 5.83. The van der Waals surface area contributed by atoms with Gasteiger partial charge in [-0.05, 0) is 5.56 Å². The van der Waals surface area contributed by atoms with E-state index in [4.69, 9.17) is 14.2 Å². The number of benzene rings is 1. The first-order valence-corrected chi connectivity index (χ1v) is 5.62. The normalized spacial score (nSPS) is 24.2. The van der Waals surface area contributed by atoms with Crippen LogP contribution in [-0.4, -0.2) is 31.9 Å². The van der Waals surface area contributed by atoms with E-state index in [1.807, 2.05) is 30.3 Å². The van der Waals surface area contributed by atoms with Gasteiger partial charge in [0, 0.05) is 13.5 Å². The molecule has 1 aliphatic heterocycles. The first-order chi connectivity index (χ1) is 8.29. The van der Waals surface area contributed by atoms with Crippen LogP contribution in [-0.2, 0) is 25.6 Å². The van der Waals surface area contributed by atoms with Crippen LogP contribution in [0.5, 0.6) is 0 Å². The molecule has 1 fully saturated rings. The quantitative estimate of drug-likeness (QED) is 0.777. The molecule has 0 bridgehead atoms. The molecule has 1 aromatic carbocycles. The highest BCUT2D eigenvalue weighted by Gasteiger charge is 2.33. The number of hydrogen-bond acceptors (Lipinski definition) is 4. The van der Waals surface area contributed by atoms with Crippen LogP contribution in [0, 0.1) is 0 Å². The van der Waals surface area contributed by atoms with Crippen LogP contribution in [0.15, 0.2) is 30.3 Å². The molecule has 4 nitrogen and oxygen atoms in total. The summed E-state index contributed by atoms with van der Waals surface area (Å²) in [5.74, 6) is -0.0131. The Morgan fingerprint density at radius 1 is 1.35 bits per heavy atom. The molecule has 0 unspecified atom stereocenters. The Morgan fingerprint density at radius 3 is 2.76 bits per heavy atom. The van der Waals surface area contributed by atoms with Crippen LogP contribution in [0.2, 0.25) is 0 Å². The Kier molecular flexibility index (Phi) is 4.25. The Morgan fingerprint density at radius 2 is 2.12 bits per heavy atom. The molecule has 0 N–H and O–H groups in total. The molecule has 0 aromatic heterocycles. The van der Waals surface area contributed by atoms with Crippen molar-refractivity contribution in [2.45, 2.75) is 25.4 Å². The van der Waals surface area contributed by atoms with Crippen molar-refractivity contribution in [2.75, 3.05) is 13.7 Å². The number of methoxy groups -OCH3 is 1. The lowest BCUT2D eigenvalue weighted by molar-refractivity contribution is -0.154. The average Bonchev–Trinajstić information content (AvgIpc) is 2.71. The molecule has 0 saturated carbocycles. The molecule has 1 heterocycles. The highest BCUT2D eigenvalue weighted by Crippen LogP contribution is 2.17. The van der Waals surface area contributed by atoms with Crippen molar-refractivity contribution in [1.82, 2.24) is 0 Å². The number of ether oxygens (including phenoxy) is 3. The molecular formula is C13H16O4. The monoisotopic (exact) mass is 236 g/mol. The Labute approximate surface area is 100 Å². The second-order valence-electron chi connectivity index (χ2n) is 4.00. The molecule has 2 rings (SSSR count). The number of carbonyl (C=O) groups is 1. The number of ketones is 1. The summed E-state index contributed by atoms with van der Waals surface area (Å²) in [5.41, 5.74) is 1.11. The predicted octanol–water partition coefficient (Wildman–Crippen LogP) is 1.53. The third-order valence-corrected chi connectivity index (χ3v) is 2.64. The second kappa shape index (κ2) is 5.91. The van der Waals surface area contributed by atoms with Crippen LogP contribution in [0.4, 0.5) is 0 Å². The molecule has 0 amide bonds. The average molecular weight is 236 g/mol. The van der Waals surface area contributed by atoms with Gasteiger partial charge in [-0.15, -0.1) is 0 Å². The zero-order valence-corrected chi connectivity index (χ0v) is 9.80. The van der Waals surface area contributed by atoms with Gasteiger partial charge in [0.15, 0.2) is 5.78 Å². The van der Waals surface area contributed by atoms with E-state index in [2.05, 4.69) is 0 Å². The van der Waals surface area contributed by atoms with E-state index < -0.39 is 6.29 Å². The number of Topliss-reactive ketones (excluding diaryl/α,β-unsaturated/α-hetero) is 1. The summed E-state index contributed by atoms with van der Waals surface area (Å²) < 4.78 is 15.8. The van der Waals surface area contributed by atoms with Crippen molar-refractivity contribution < 1.29 is 19.0 Å². The van der Waals surface area contributed by atoms with Crippen LogP contribution in [0.3, 0.4) is 0 Å². The molecule has 0 aliphatic carbocycles. The molecule has 17 heavy (non-hydrogen) atoms. The molecular weight excluding hydrogens is 220 g/mol. The Bertz CT molecular complexity index is 363. The maximum absolute atomic E-state index is 11.3. The maximum Gasteiger partial charge on any atom is 0.217 e. The summed E-state index contributed by atoms with van der Waals surface area (Å²) >= 11 is 0. The standard InChI is InChI=1S/C13H16O4/c1-15-13-12(14)7-11(17-13)9-16-8-10-5-3-2-4-6-10/h2-6,11,13H,7-9H2,1H3/t11-,13-/m0/s1. The fourth-order valence-electron chi connectivity index (χ4n) is 1.79. The van der Waals surface area contributed by atoms with Crippen LogP contribution < -0.4 is 0 Å². The molecule has 0 radical (unpaired) electrons. The minimum atomic E-state index is -0.708. The summed E-state index contributed by atoms with van der Waals surface area (Å²) in [6.07, 6.45) is -0.524. The first kappa shape index (κ1) is 12.2. The van der Waals surface area contributed by atoms with Crippen molar-refractivity contribution in [2.24, 2.45) is 0 Å². The van der Waals surface area contributed by atoms with E-state index in [1.54, 1.807) is 0 Å². The van der Waals surface area contributed by atoms with Crippen LogP contribution in [0.1, 0.15) is 12.0 Å². The SMILES string of the molecule is CO[C@H]1O[C@H](COCc2ccccc2)CC1=O. The van der Waals surface area contributed by atoms with Crippen molar-refractivity contribution in [3.8, 4) is 0 Å². The number of carbonyl (C=O) groups excluding carboxylic acids is 1. The highest BCUT2D eigenvalue weighted by atomic mass is 16.7. The van der Waals surface area contributed by atoms with Crippen molar-refractivity contribution in [3.63, 3.8) is 0 Å². The number of hydrogen-bond donors (Lipinski definition) is 0. The van der Waals surface area contributed by atoms with Crippen molar-refractivity contribution in [3.05, 3.63) is 35.9 Å². The van der Waals surface area contributed by atoms with Gasteiger partial charge in [0.25, 0.3) is 0 Å². The zero-order chi connectivity index (χ0) is 12.1. The molecule has 1 aliphatic rings. The largest absolute Gasteiger partial charge is 0.374 e. The summed E-state index contributed by atoms with van der Waals surface area (Å²) in [6.45, 7) is 0.951. The van der Waals surface area contributed by atoms with Gasteiger partial charge in [-0.3, -0.25) is 4.79 Å². The van der Waals surface area contributed by atoms with Gasteiger partial charge in [-0.1, -0.05) is 30.3 Å². The van der Waals surface area contributed by atoms with E-state index in [-0.39, 0.29) is 11.9 Å². The zero-order valence-electron chi connectivity index (χ0n) is 9.80. The Hall–Kier alpha value is -1.23. The van der Waals surface area contributed by atoms with E-state index in [9.17, 15) is 4.79 Å². The topological polar surface area (TPSA) is 44.8 Å². The summed E-state index contributed by atoms with van der Waals surface area (Å²) in [6, 6.07) is 9.90. The molecule has 1 saturated heterocycles.